The molecule has 0 radical (unpaired) electrons. The van der Waals surface area contributed by atoms with Crippen LogP contribution >= 0.6 is 0 Å². The number of hydrogen-bond donors (Lipinski definition) is 2. The molecule has 6 rings (SSSR count). The molecule has 1 atom stereocenters. The molecule has 0 aliphatic heterocycles. The first-order valence-corrected chi connectivity index (χ1v) is 12.1. The zero-order valence-electron chi connectivity index (χ0n) is 20.1. The SMILES string of the molecule is C[C@H](NC(=O)c1cc(C(F)(F)F)cc2c1cnn2C1CC1)c1nc(C2CC2)nn1-c1cc(C(N)=O)ncn1. The summed E-state index contributed by atoms with van der Waals surface area (Å²) < 4.78 is 44.1. The predicted octanol–water partition coefficient (Wildman–Crippen LogP) is 3.23. The highest BCUT2D eigenvalue weighted by Gasteiger charge is 2.35. The minimum atomic E-state index is -4.64. The lowest BCUT2D eigenvalue weighted by molar-refractivity contribution is -0.137. The van der Waals surface area contributed by atoms with Crippen molar-refractivity contribution in [2.24, 2.45) is 5.73 Å². The first kappa shape index (κ1) is 24.0. The van der Waals surface area contributed by atoms with Crippen LogP contribution in [0.1, 0.15) is 88.7 Å². The third kappa shape index (κ3) is 4.35. The molecule has 2 amide bonds. The van der Waals surface area contributed by atoms with Crippen LogP contribution in [0.3, 0.4) is 0 Å². The molecule has 4 aromatic rings. The quantitative estimate of drug-likeness (QED) is 0.377. The van der Waals surface area contributed by atoms with Gasteiger partial charge in [-0.2, -0.15) is 23.0 Å². The number of hydrogen-bond acceptors (Lipinski definition) is 7. The summed E-state index contributed by atoms with van der Waals surface area (Å²) in [6.07, 6.45) is 1.42. The summed E-state index contributed by atoms with van der Waals surface area (Å²) >= 11 is 0. The van der Waals surface area contributed by atoms with Crippen molar-refractivity contribution in [3.63, 3.8) is 0 Å². The van der Waals surface area contributed by atoms with E-state index >= 15 is 0 Å². The Morgan fingerprint density at radius 1 is 1.13 bits per heavy atom. The highest BCUT2D eigenvalue weighted by Crippen LogP contribution is 2.40. The Bertz CT molecular complexity index is 1580. The van der Waals surface area contributed by atoms with Gasteiger partial charge in [0.05, 0.1) is 34.9 Å². The zero-order valence-corrected chi connectivity index (χ0v) is 20.1. The van der Waals surface area contributed by atoms with Gasteiger partial charge < -0.3 is 11.1 Å². The second-order valence-electron chi connectivity index (χ2n) is 9.61. The summed E-state index contributed by atoms with van der Waals surface area (Å²) in [5, 5.41) is 11.9. The fraction of sp³-hybridized carbons (Fsp3) is 0.375. The molecule has 2 aliphatic rings. The van der Waals surface area contributed by atoms with Gasteiger partial charge in [0.1, 0.15) is 12.0 Å². The number of aromatic nitrogens is 7. The second kappa shape index (κ2) is 8.60. The third-order valence-electron chi connectivity index (χ3n) is 6.63. The first-order valence-electron chi connectivity index (χ1n) is 12.1. The Kier molecular flexibility index (Phi) is 5.43. The number of primary amides is 1. The number of fused-ring (bicyclic) bond motifs is 1. The van der Waals surface area contributed by atoms with Gasteiger partial charge in [-0.3, -0.25) is 14.3 Å². The van der Waals surface area contributed by atoms with E-state index in [4.69, 9.17) is 5.73 Å². The number of alkyl halides is 3. The summed E-state index contributed by atoms with van der Waals surface area (Å²) in [5.74, 6) is -0.242. The Morgan fingerprint density at radius 3 is 2.55 bits per heavy atom. The molecule has 0 bridgehead atoms. The van der Waals surface area contributed by atoms with Crippen LogP contribution in [0.25, 0.3) is 16.7 Å². The van der Waals surface area contributed by atoms with Crippen molar-refractivity contribution >= 4 is 22.7 Å². The van der Waals surface area contributed by atoms with Gasteiger partial charge in [-0.1, -0.05) is 0 Å². The normalized spacial score (nSPS) is 16.5. The standard InChI is InChI=1S/C24H22F3N9O2/c1-11(22-33-21(12-2-3-12)34-36(22)19-8-17(20(28)37)29-10-30-19)32-23(38)15-6-13(24(25,26)27)7-18-16(15)9-31-35(18)14-4-5-14/h6-12,14H,2-5H2,1H3,(H2,28,37)(H,32,38)/t11-/m0/s1. The minimum Gasteiger partial charge on any atom is -0.364 e. The molecule has 14 heteroatoms. The molecule has 1 aromatic carbocycles. The number of halogens is 3. The molecule has 196 valence electrons. The molecule has 2 fully saturated rings. The largest absolute Gasteiger partial charge is 0.416 e. The smallest absolute Gasteiger partial charge is 0.364 e. The summed E-state index contributed by atoms with van der Waals surface area (Å²) in [4.78, 5) is 37.6. The molecule has 3 N–H and O–H groups in total. The Morgan fingerprint density at radius 2 is 1.89 bits per heavy atom. The number of nitrogens with zero attached hydrogens (tertiary/aromatic N) is 7. The number of amides is 2. The molecule has 0 unspecified atom stereocenters. The first-order chi connectivity index (χ1) is 18.1. The third-order valence-corrected chi connectivity index (χ3v) is 6.63. The second-order valence-corrected chi connectivity index (χ2v) is 9.61. The van der Waals surface area contributed by atoms with Crippen LogP contribution in [0.5, 0.6) is 0 Å². The molecule has 11 nitrogen and oxygen atoms in total. The van der Waals surface area contributed by atoms with Crippen LogP contribution in [-0.2, 0) is 6.18 Å². The van der Waals surface area contributed by atoms with Crippen molar-refractivity contribution < 1.29 is 22.8 Å². The van der Waals surface area contributed by atoms with E-state index in [1.54, 1.807) is 11.6 Å². The van der Waals surface area contributed by atoms with Crippen molar-refractivity contribution in [3.8, 4) is 5.82 Å². The van der Waals surface area contributed by atoms with Crippen LogP contribution in [0.2, 0.25) is 0 Å². The van der Waals surface area contributed by atoms with Gasteiger partial charge >= 0.3 is 6.18 Å². The van der Waals surface area contributed by atoms with Crippen molar-refractivity contribution in [1.29, 1.82) is 0 Å². The molecular formula is C24H22F3N9O2. The lowest BCUT2D eigenvalue weighted by Gasteiger charge is -2.16. The maximum atomic E-state index is 13.7. The van der Waals surface area contributed by atoms with Crippen LogP contribution in [0.4, 0.5) is 13.2 Å². The van der Waals surface area contributed by atoms with Gasteiger partial charge in [0, 0.05) is 17.4 Å². The topological polar surface area (TPSA) is 146 Å². The molecule has 0 saturated heterocycles. The fourth-order valence-electron chi connectivity index (χ4n) is 4.35. The van der Waals surface area contributed by atoms with Gasteiger partial charge in [0.25, 0.3) is 11.8 Å². The van der Waals surface area contributed by atoms with Crippen molar-refractivity contribution in [2.45, 2.75) is 56.8 Å². The van der Waals surface area contributed by atoms with Gasteiger partial charge in [-0.05, 0) is 44.7 Å². The van der Waals surface area contributed by atoms with Gasteiger partial charge in [0.2, 0.25) is 0 Å². The summed E-state index contributed by atoms with van der Waals surface area (Å²) in [5.41, 5.74) is 4.52. The Hall–Kier alpha value is -4.36. The minimum absolute atomic E-state index is 0.0276. The summed E-state index contributed by atoms with van der Waals surface area (Å²) in [6.45, 7) is 1.64. The van der Waals surface area contributed by atoms with Gasteiger partial charge in [0.15, 0.2) is 17.5 Å². The number of nitrogens with one attached hydrogen (secondary N) is 1. The molecule has 2 saturated carbocycles. The highest BCUT2D eigenvalue weighted by atomic mass is 19.4. The molecule has 3 aromatic heterocycles. The van der Waals surface area contributed by atoms with Crippen LogP contribution in [-0.4, -0.2) is 46.3 Å². The van der Waals surface area contributed by atoms with Crippen LogP contribution < -0.4 is 11.1 Å². The lowest BCUT2D eigenvalue weighted by atomic mass is 10.0. The fourth-order valence-corrected chi connectivity index (χ4v) is 4.35. The van der Waals surface area contributed by atoms with E-state index in [1.807, 2.05) is 0 Å². The summed E-state index contributed by atoms with van der Waals surface area (Å²) in [6, 6.07) is 2.48. The van der Waals surface area contributed by atoms with E-state index in [0.717, 1.165) is 44.1 Å². The number of rotatable bonds is 7. The average Bonchev–Trinajstić information content (AvgIpc) is 3.82. The van der Waals surface area contributed by atoms with Crippen molar-refractivity contribution in [2.75, 3.05) is 0 Å². The lowest BCUT2D eigenvalue weighted by Crippen LogP contribution is -2.29. The van der Waals surface area contributed by atoms with Crippen LogP contribution in [0.15, 0.2) is 30.7 Å². The molecular weight excluding hydrogens is 503 g/mol. The number of nitrogens with two attached hydrogens (primary N) is 1. The molecule has 3 heterocycles. The maximum absolute atomic E-state index is 13.7. The molecule has 0 spiro atoms. The molecule has 38 heavy (non-hydrogen) atoms. The zero-order chi connectivity index (χ0) is 26.8. The Balaban J connectivity index is 1.37. The molecule has 2 aliphatic carbocycles. The maximum Gasteiger partial charge on any atom is 0.416 e. The van der Waals surface area contributed by atoms with E-state index in [9.17, 15) is 22.8 Å². The number of carbonyl (C=O) groups excluding carboxylic acids is 2. The highest BCUT2D eigenvalue weighted by molar-refractivity contribution is 6.06. The van der Waals surface area contributed by atoms with E-state index in [-0.39, 0.29) is 34.6 Å². The summed E-state index contributed by atoms with van der Waals surface area (Å²) in [7, 11) is 0. The van der Waals surface area contributed by atoms with E-state index in [2.05, 4.69) is 30.5 Å². The van der Waals surface area contributed by atoms with E-state index in [0.29, 0.717) is 17.0 Å². The van der Waals surface area contributed by atoms with E-state index in [1.165, 1.54) is 16.9 Å². The van der Waals surface area contributed by atoms with Gasteiger partial charge in [-0.25, -0.2) is 15.0 Å². The predicted molar refractivity (Wildman–Crippen MR) is 126 cm³/mol. The average molecular weight is 525 g/mol. The van der Waals surface area contributed by atoms with Crippen LogP contribution in [0, 0.1) is 0 Å². The number of benzene rings is 1. The van der Waals surface area contributed by atoms with Crippen molar-refractivity contribution in [1.82, 2.24) is 39.8 Å². The van der Waals surface area contributed by atoms with Gasteiger partial charge in [-0.15, -0.1) is 5.10 Å². The monoisotopic (exact) mass is 525 g/mol. The number of carbonyl (C=O) groups is 2. The van der Waals surface area contributed by atoms with E-state index < -0.39 is 29.6 Å². The Labute approximate surface area is 213 Å². The van der Waals surface area contributed by atoms with Crippen molar-refractivity contribution in [3.05, 3.63) is 59.2 Å².